The fourth-order valence-corrected chi connectivity index (χ4v) is 2.21. The van der Waals surface area contributed by atoms with Crippen LogP contribution in [0, 0.1) is 12.8 Å². The molecule has 2 N–H and O–H groups in total. The van der Waals surface area contributed by atoms with Crippen LogP contribution in [0.25, 0.3) is 0 Å². The Balaban J connectivity index is 1.77. The molecular formula is C14H17BrN2O2. The molecule has 0 atom stereocenters. The molecule has 2 rings (SSSR count). The third-order valence-corrected chi connectivity index (χ3v) is 4.15. The normalized spacial score (nSPS) is 14.0. The molecule has 4 nitrogen and oxygen atoms in total. The molecule has 1 aliphatic rings. The van der Waals surface area contributed by atoms with E-state index in [2.05, 4.69) is 26.6 Å². The Morgan fingerprint density at radius 2 is 1.95 bits per heavy atom. The highest BCUT2D eigenvalue weighted by Gasteiger charge is 2.28. The smallest absolute Gasteiger partial charge is 0.252 e. The van der Waals surface area contributed by atoms with Crippen LogP contribution in [-0.2, 0) is 4.79 Å². The SMILES string of the molecule is Cc1cccc(C(=O)NCCNC(=O)C2CC2)c1Br. The molecular weight excluding hydrogens is 308 g/mol. The molecule has 0 aromatic heterocycles. The summed E-state index contributed by atoms with van der Waals surface area (Å²) >= 11 is 3.41. The third-order valence-electron chi connectivity index (χ3n) is 3.09. The van der Waals surface area contributed by atoms with E-state index in [0.29, 0.717) is 18.7 Å². The van der Waals surface area contributed by atoms with Gasteiger partial charge in [-0.3, -0.25) is 9.59 Å². The first-order valence-electron chi connectivity index (χ1n) is 6.40. The van der Waals surface area contributed by atoms with Gasteiger partial charge in [-0.05, 0) is 47.3 Å². The molecule has 1 aromatic carbocycles. The minimum atomic E-state index is -0.128. The lowest BCUT2D eigenvalue weighted by Crippen LogP contribution is -2.35. The van der Waals surface area contributed by atoms with Crippen LogP contribution in [0.15, 0.2) is 22.7 Å². The van der Waals surface area contributed by atoms with Crippen molar-refractivity contribution >= 4 is 27.7 Å². The predicted octanol–water partition coefficient (Wildman–Crippen LogP) is 2.01. The zero-order valence-corrected chi connectivity index (χ0v) is 12.4. The fourth-order valence-electron chi connectivity index (χ4n) is 1.77. The van der Waals surface area contributed by atoms with E-state index in [0.717, 1.165) is 22.9 Å². The first-order chi connectivity index (χ1) is 9.09. The van der Waals surface area contributed by atoms with Gasteiger partial charge in [0.25, 0.3) is 5.91 Å². The summed E-state index contributed by atoms with van der Waals surface area (Å²) in [6.45, 7) is 2.86. The fraction of sp³-hybridized carbons (Fsp3) is 0.429. The van der Waals surface area contributed by atoms with E-state index in [1.54, 1.807) is 6.07 Å². The van der Waals surface area contributed by atoms with Crippen molar-refractivity contribution in [2.75, 3.05) is 13.1 Å². The molecule has 1 aromatic rings. The number of amides is 2. The highest BCUT2D eigenvalue weighted by atomic mass is 79.9. The standard InChI is InChI=1S/C14H17BrN2O2/c1-9-3-2-4-11(12(9)15)14(19)17-8-7-16-13(18)10-5-6-10/h2-4,10H,5-8H2,1H3,(H,16,18)(H,17,19). The molecule has 0 heterocycles. The average Bonchev–Trinajstić information content (AvgIpc) is 3.21. The van der Waals surface area contributed by atoms with Gasteiger partial charge in [-0.15, -0.1) is 0 Å². The van der Waals surface area contributed by atoms with Crippen molar-refractivity contribution in [2.24, 2.45) is 5.92 Å². The summed E-state index contributed by atoms with van der Waals surface area (Å²) in [6, 6.07) is 5.57. The van der Waals surface area contributed by atoms with E-state index >= 15 is 0 Å². The lowest BCUT2D eigenvalue weighted by Gasteiger charge is -2.09. The van der Waals surface area contributed by atoms with Gasteiger partial charge in [0, 0.05) is 23.5 Å². The molecule has 5 heteroatoms. The van der Waals surface area contributed by atoms with E-state index < -0.39 is 0 Å². The molecule has 1 saturated carbocycles. The van der Waals surface area contributed by atoms with Crippen LogP contribution in [0.5, 0.6) is 0 Å². The van der Waals surface area contributed by atoms with Gasteiger partial charge in [0.05, 0.1) is 5.56 Å². The van der Waals surface area contributed by atoms with Gasteiger partial charge in [-0.2, -0.15) is 0 Å². The maximum Gasteiger partial charge on any atom is 0.252 e. The van der Waals surface area contributed by atoms with E-state index in [9.17, 15) is 9.59 Å². The highest BCUT2D eigenvalue weighted by Crippen LogP contribution is 2.28. The Morgan fingerprint density at radius 3 is 2.63 bits per heavy atom. The molecule has 2 amide bonds. The van der Waals surface area contributed by atoms with E-state index in [4.69, 9.17) is 0 Å². The lowest BCUT2D eigenvalue weighted by atomic mass is 10.1. The quantitative estimate of drug-likeness (QED) is 0.814. The van der Waals surface area contributed by atoms with Gasteiger partial charge in [0.15, 0.2) is 0 Å². The van der Waals surface area contributed by atoms with Gasteiger partial charge in [-0.1, -0.05) is 12.1 Å². The van der Waals surface area contributed by atoms with Crippen molar-refractivity contribution in [1.29, 1.82) is 0 Å². The highest BCUT2D eigenvalue weighted by molar-refractivity contribution is 9.10. The van der Waals surface area contributed by atoms with Crippen LogP contribution in [-0.4, -0.2) is 24.9 Å². The van der Waals surface area contributed by atoms with Crippen LogP contribution in [0.3, 0.4) is 0 Å². The van der Waals surface area contributed by atoms with Crippen molar-refractivity contribution in [3.05, 3.63) is 33.8 Å². The molecule has 0 saturated heterocycles. The number of aryl methyl sites for hydroxylation is 1. The third kappa shape index (κ3) is 3.80. The maximum atomic E-state index is 12.0. The zero-order valence-electron chi connectivity index (χ0n) is 10.8. The summed E-state index contributed by atoms with van der Waals surface area (Å²) in [5.41, 5.74) is 1.64. The monoisotopic (exact) mass is 324 g/mol. The number of hydrogen-bond acceptors (Lipinski definition) is 2. The zero-order chi connectivity index (χ0) is 13.8. The summed E-state index contributed by atoms with van der Waals surface area (Å²) in [6.07, 6.45) is 1.99. The number of nitrogens with one attached hydrogen (secondary N) is 2. The molecule has 0 spiro atoms. The largest absolute Gasteiger partial charge is 0.354 e. The number of carbonyl (C=O) groups excluding carboxylic acids is 2. The number of benzene rings is 1. The van der Waals surface area contributed by atoms with Crippen LogP contribution < -0.4 is 10.6 Å². The Bertz CT molecular complexity index is 498. The molecule has 102 valence electrons. The van der Waals surface area contributed by atoms with Gasteiger partial charge >= 0.3 is 0 Å². The van der Waals surface area contributed by atoms with E-state index in [1.807, 2.05) is 19.1 Å². The first kappa shape index (κ1) is 14.1. The number of rotatable bonds is 5. The topological polar surface area (TPSA) is 58.2 Å². The van der Waals surface area contributed by atoms with Crippen LogP contribution in [0.2, 0.25) is 0 Å². The Kier molecular flexibility index (Phi) is 4.58. The Hall–Kier alpha value is -1.36. The van der Waals surface area contributed by atoms with Gasteiger partial charge in [0.1, 0.15) is 0 Å². The van der Waals surface area contributed by atoms with Crippen molar-refractivity contribution in [2.45, 2.75) is 19.8 Å². The molecule has 19 heavy (non-hydrogen) atoms. The number of halogens is 1. The van der Waals surface area contributed by atoms with Gasteiger partial charge in [-0.25, -0.2) is 0 Å². The molecule has 0 bridgehead atoms. The second kappa shape index (κ2) is 6.19. The second-order valence-electron chi connectivity index (χ2n) is 4.76. The van der Waals surface area contributed by atoms with E-state index in [1.165, 1.54) is 0 Å². The molecule has 1 aliphatic carbocycles. The number of carbonyl (C=O) groups is 2. The van der Waals surface area contributed by atoms with Crippen molar-refractivity contribution in [3.63, 3.8) is 0 Å². The summed E-state index contributed by atoms with van der Waals surface area (Å²) in [7, 11) is 0. The van der Waals surface area contributed by atoms with Crippen LogP contribution in [0.1, 0.15) is 28.8 Å². The summed E-state index contributed by atoms with van der Waals surface area (Å²) < 4.78 is 0.814. The Morgan fingerprint density at radius 1 is 1.26 bits per heavy atom. The van der Waals surface area contributed by atoms with Gasteiger partial charge < -0.3 is 10.6 Å². The first-order valence-corrected chi connectivity index (χ1v) is 7.20. The molecule has 0 radical (unpaired) electrons. The second-order valence-corrected chi connectivity index (χ2v) is 5.55. The predicted molar refractivity (Wildman–Crippen MR) is 76.9 cm³/mol. The minimum absolute atomic E-state index is 0.103. The van der Waals surface area contributed by atoms with Crippen LogP contribution in [0.4, 0.5) is 0 Å². The van der Waals surface area contributed by atoms with Gasteiger partial charge in [0.2, 0.25) is 5.91 Å². The summed E-state index contributed by atoms with van der Waals surface area (Å²) in [4.78, 5) is 23.3. The summed E-state index contributed by atoms with van der Waals surface area (Å²) in [5, 5.41) is 5.61. The van der Waals surface area contributed by atoms with E-state index in [-0.39, 0.29) is 17.7 Å². The Labute approximate surface area is 121 Å². The minimum Gasteiger partial charge on any atom is -0.354 e. The average molecular weight is 325 g/mol. The molecule has 0 aliphatic heterocycles. The van der Waals surface area contributed by atoms with Crippen LogP contribution >= 0.6 is 15.9 Å². The van der Waals surface area contributed by atoms with Crippen molar-refractivity contribution < 1.29 is 9.59 Å². The lowest BCUT2D eigenvalue weighted by molar-refractivity contribution is -0.122. The van der Waals surface area contributed by atoms with Crippen molar-refractivity contribution in [1.82, 2.24) is 10.6 Å². The molecule has 0 unspecified atom stereocenters. The number of hydrogen-bond donors (Lipinski definition) is 2. The van der Waals surface area contributed by atoms with Crippen molar-refractivity contribution in [3.8, 4) is 0 Å². The molecule has 1 fully saturated rings. The maximum absolute atomic E-state index is 12.0. The summed E-state index contributed by atoms with van der Waals surface area (Å²) in [5.74, 6) is 0.184.